The maximum Gasteiger partial charge on any atom is 0.325 e. The van der Waals surface area contributed by atoms with Crippen LogP contribution in [0.1, 0.15) is 24.1 Å². The van der Waals surface area contributed by atoms with E-state index in [1.54, 1.807) is 0 Å². The standard InChI is InChI=1S/C11H13F2NO2/c1-11(12,13)6-7-2-4-8(5-3-7)9(14)10(15)16/h2-5,9H,6,14H2,1H3,(H,15,16). The summed E-state index contributed by atoms with van der Waals surface area (Å²) >= 11 is 0. The molecule has 0 saturated carbocycles. The summed E-state index contributed by atoms with van der Waals surface area (Å²) in [7, 11) is 0. The molecule has 0 heterocycles. The molecule has 0 spiro atoms. The first kappa shape index (κ1) is 12.6. The molecular formula is C11H13F2NO2. The fourth-order valence-corrected chi connectivity index (χ4v) is 1.34. The Kier molecular flexibility index (Phi) is 3.59. The molecule has 1 aromatic carbocycles. The van der Waals surface area contributed by atoms with Crippen molar-refractivity contribution in [1.82, 2.24) is 0 Å². The van der Waals surface area contributed by atoms with Crippen molar-refractivity contribution < 1.29 is 18.7 Å². The van der Waals surface area contributed by atoms with Crippen molar-refractivity contribution in [2.45, 2.75) is 25.3 Å². The lowest BCUT2D eigenvalue weighted by molar-refractivity contribution is -0.138. The summed E-state index contributed by atoms with van der Waals surface area (Å²) in [5.74, 6) is -3.91. The Morgan fingerprint density at radius 2 is 1.94 bits per heavy atom. The zero-order chi connectivity index (χ0) is 12.3. The van der Waals surface area contributed by atoms with Gasteiger partial charge in [0.05, 0.1) is 0 Å². The third-order valence-corrected chi connectivity index (χ3v) is 2.12. The number of benzene rings is 1. The van der Waals surface area contributed by atoms with Gasteiger partial charge in [-0.1, -0.05) is 24.3 Å². The van der Waals surface area contributed by atoms with Crippen molar-refractivity contribution >= 4 is 5.97 Å². The normalized spacial score (nSPS) is 13.5. The minimum Gasteiger partial charge on any atom is -0.480 e. The summed E-state index contributed by atoms with van der Waals surface area (Å²) in [6.45, 7) is 0.837. The third-order valence-electron chi connectivity index (χ3n) is 2.12. The number of aliphatic carboxylic acids is 1. The summed E-state index contributed by atoms with van der Waals surface area (Å²) in [6, 6.07) is 4.74. The molecule has 0 fully saturated rings. The molecule has 0 amide bonds. The van der Waals surface area contributed by atoms with E-state index in [-0.39, 0.29) is 6.42 Å². The van der Waals surface area contributed by atoms with Crippen molar-refractivity contribution in [3.05, 3.63) is 35.4 Å². The Balaban J connectivity index is 2.79. The molecule has 0 aliphatic heterocycles. The highest BCUT2D eigenvalue weighted by molar-refractivity contribution is 5.75. The molecule has 16 heavy (non-hydrogen) atoms. The van der Waals surface area contributed by atoms with E-state index in [2.05, 4.69) is 0 Å². The molecule has 1 aromatic rings. The Labute approximate surface area is 91.9 Å². The molecule has 0 saturated heterocycles. The Morgan fingerprint density at radius 1 is 1.44 bits per heavy atom. The van der Waals surface area contributed by atoms with Gasteiger partial charge in [-0.2, -0.15) is 0 Å². The van der Waals surface area contributed by atoms with E-state index in [1.807, 2.05) is 0 Å². The van der Waals surface area contributed by atoms with Crippen LogP contribution in [0.25, 0.3) is 0 Å². The van der Waals surface area contributed by atoms with Crippen molar-refractivity contribution in [3.8, 4) is 0 Å². The van der Waals surface area contributed by atoms with Gasteiger partial charge in [-0.05, 0) is 18.1 Å². The van der Waals surface area contributed by atoms with Gasteiger partial charge in [-0.3, -0.25) is 4.79 Å². The zero-order valence-electron chi connectivity index (χ0n) is 8.78. The van der Waals surface area contributed by atoms with Crippen molar-refractivity contribution in [3.63, 3.8) is 0 Å². The molecule has 0 radical (unpaired) electrons. The third kappa shape index (κ3) is 3.58. The molecule has 0 aliphatic rings. The molecule has 5 heteroatoms. The highest BCUT2D eigenvalue weighted by Gasteiger charge is 2.21. The van der Waals surface area contributed by atoms with E-state index >= 15 is 0 Å². The van der Waals surface area contributed by atoms with Crippen LogP contribution in [0, 0.1) is 0 Å². The zero-order valence-corrected chi connectivity index (χ0v) is 8.78. The number of alkyl halides is 2. The van der Waals surface area contributed by atoms with Gasteiger partial charge in [-0.25, -0.2) is 8.78 Å². The summed E-state index contributed by atoms with van der Waals surface area (Å²) in [4.78, 5) is 10.6. The number of nitrogens with two attached hydrogens (primary N) is 1. The van der Waals surface area contributed by atoms with E-state index in [0.717, 1.165) is 6.92 Å². The van der Waals surface area contributed by atoms with Gasteiger partial charge in [0, 0.05) is 6.42 Å². The minimum atomic E-state index is -2.77. The second kappa shape index (κ2) is 4.57. The largest absolute Gasteiger partial charge is 0.480 e. The van der Waals surface area contributed by atoms with Gasteiger partial charge >= 0.3 is 5.97 Å². The molecule has 0 aromatic heterocycles. The number of hydrogen-bond donors (Lipinski definition) is 2. The Morgan fingerprint density at radius 3 is 2.31 bits per heavy atom. The van der Waals surface area contributed by atoms with Crippen LogP contribution in [0.4, 0.5) is 8.78 Å². The van der Waals surface area contributed by atoms with Crippen molar-refractivity contribution in [1.29, 1.82) is 0 Å². The van der Waals surface area contributed by atoms with Crippen LogP contribution in [0.2, 0.25) is 0 Å². The maximum atomic E-state index is 12.7. The van der Waals surface area contributed by atoms with E-state index in [4.69, 9.17) is 10.8 Å². The number of halogens is 2. The summed E-state index contributed by atoms with van der Waals surface area (Å²) in [5, 5.41) is 8.65. The van der Waals surface area contributed by atoms with E-state index in [1.165, 1.54) is 24.3 Å². The summed E-state index contributed by atoms with van der Waals surface area (Å²) < 4.78 is 25.4. The van der Waals surface area contributed by atoms with Crippen molar-refractivity contribution in [2.24, 2.45) is 5.73 Å². The second-order valence-corrected chi connectivity index (χ2v) is 3.80. The predicted octanol–water partition coefficient (Wildman–Crippen LogP) is 1.97. The molecule has 88 valence electrons. The Bertz CT molecular complexity index is 371. The first-order valence-corrected chi connectivity index (χ1v) is 4.74. The van der Waals surface area contributed by atoms with Crippen LogP contribution in [0.5, 0.6) is 0 Å². The van der Waals surface area contributed by atoms with Gasteiger partial charge in [0.2, 0.25) is 5.92 Å². The average molecular weight is 229 g/mol. The number of carboxylic acids is 1. The van der Waals surface area contributed by atoms with Gasteiger partial charge in [0.15, 0.2) is 0 Å². The number of carboxylic acid groups (broad SMARTS) is 1. The smallest absolute Gasteiger partial charge is 0.325 e. The monoisotopic (exact) mass is 229 g/mol. The second-order valence-electron chi connectivity index (χ2n) is 3.80. The highest BCUT2D eigenvalue weighted by atomic mass is 19.3. The average Bonchev–Trinajstić information content (AvgIpc) is 2.15. The van der Waals surface area contributed by atoms with Crippen LogP contribution in [-0.4, -0.2) is 17.0 Å². The van der Waals surface area contributed by atoms with Crippen LogP contribution < -0.4 is 5.73 Å². The molecule has 1 rings (SSSR count). The van der Waals surface area contributed by atoms with Crippen molar-refractivity contribution in [2.75, 3.05) is 0 Å². The molecule has 3 N–H and O–H groups in total. The fraction of sp³-hybridized carbons (Fsp3) is 0.364. The topological polar surface area (TPSA) is 63.3 Å². The summed E-state index contributed by atoms with van der Waals surface area (Å²) in [5.41, 5.74) is 6.22. The predicted molar refractivity (Wildman–Crippen MR) is 55.3 cm³/mol. The molecule has 3 nitrogen and oxygen atoms in total. The SMILES string of the molecule is CC(F)(F)Cc1ccc(C(N)C(=O)O)cc1. The number of hydrogen-bond acceptors (Lipinski definition) is 2. The lowest BCUT2D eigenvalue weighted by atomic mass is 10.0. The van der Waals surface area contributed by atoms with Crippen LogP contribution >= 0.6 is 0 Å². The van der Waals surface area contributed by atoms with Crippen LogP contribution in [-0.2, 0) is 11.2 Å². The molecule has 1 atom stereocenters. The minimum absolute atomic E-state index is 0.365. The van der Waals surface area contributed by atoms with E-state index in [9.17, 15) is 13.6 Å². The highest BCUT2D eigenvalue weighted by Crippen LogP contribution is 2.20. The van der Waals surface area contributed by atoms with Gasteiger partial charge < -0.3 is 10.8 Å². The molecular weight excluding hydrogens is 216 g/mol. The number of rotatable bonds is 4. The van der Waals surface area contributed by atoms with E-state index in [0.29, 0.717) is 11.1 Å². The molecule has 1 unspecified atom stereocenters. The first-order chi connectivity index (χ1) is 7.29. The van der Waals surface area contributed by atoms with Gasteiger partial charge in [0.1, 0.15) is 6.04 Å². The quantitative estimate of drug-likeness (QED) is 0.829. The van der Waals surface area contributed by atoms with E-state index < -0.39 is 17.9 Å². The summed E-state index contributed by atoms with van der Waals surface area (Å²) in [6.07, 6.45) is -0.365. The Hall–Kier alpha value is -1.49. The number of carbonyl (C=O) groups is 1. The first-order valence-electron chi connectivity index (χ1n) is 4.74. The lowest BCUT2D eigenvalue weighted by Gasteiger charge is -2.11. The molecule has 0 aliphatic carbocycles. The fourth-order valence-electron chi connectivity index (χ4n) is 1.34. The van der Waals surface area contributed by atoms with Gasteiger partial charge in [-0.15, -0.1) is 0 Å². The van der Waals surface area contributed by atoms with Crippen LogP contribution in [0.3, 0.4) is 0 Å². The maximum absolute atomic E-state index is 12.7. The molecule has 0 bridgehead atoms. The van der Waals surface area contributed by atoms with Crippen LogP contribution in [0.15, 0.2) is 24.3 Å². The lowest BCUT2D eigenvalue weighted by Crippen LogP contribution is -2.20. The van der Waals surface area contributed by atoms with Gasteiger partial charge in [0.25, 0.3) is 0 Å².